The minimum Gasteiger partial charge on any atom is -0.392 e. The summed E-state index contributed by atoms with van der Waals surface area (Å²) in [4.78, 5) is 5.32. The average molecular weight is 280 g/mol. The van der Waals surface area contributed by atoms with Gasteiger partial charge in [-0.3, -0.25) is 4.90 Å². The number of aliphatic hydroxyl groups is 1. The summed E-state index contributed by atoms with van der Waals surface area (Å²) in [6, 6.07) is 0.883. The van der Waals surface area contributed by atoms with Crippen molar-refractivity contribution < 1.29 is 5.11 Å². The maximum Gasteiger partial charge on any atom is 0.0631 e. The van der Waals surface area contributed by atoms with Crippen molar-refractivity contribution in [3.63, 3.8) is 0 Å². The summed E-state index contributed by atoms with van der Waals surface area (Å²) < 4.78 is 0. The van der Waals surface area contributed by atoms with Crippen molar-refractivity contribution in [1.29, 1.82) is 0 Å². The third-order valence-electron chi connectivity index (χ3n) is 6.15. The second-order valence-corrected chi connectivity index (χ2v) is 8.01. The molecule has 2 aliphatic carbocycles. The maximum absolute atomic E-state index is 10.4. The Hall–Kier alpha value is -0.120. The number of piperazine rings is 1. The average Bonchev–Trinajstić information content (AvgIpc) is 3.04. The summed E-state index contributed by atoms with van der Waals surface area (Å²) in [6.07, 6.45) is 8.01. The van der Waals surface area contributed by atoms with Crippen molar-refractivity contribution in [1.82, 2.24) is 9.80 Å². The van der Waals surface area contributed by atoms with E-state index >= 15 is 0 Å². The Morgan fingerprint density at radius 1 is 1.00 bits per heavy atom. The van der Waals surface area contributed by atoms with Gasteiger partial charge in [-0.15, -0.1) is 0 Å². The van der Waals surface area contributed by atoms with Crippen LogP contribution in [0.1, 0.15) is 52.4 Å². The second kappa shape index (κ2) is 5.94. The first kappa shape index (κ1) is 14.8. The molecule has 0 bridgehead atoms. The predicted molar refractivity (Wildman–Crippen MR) is 82.8 cm³/mol. The first-order valence-electron chi connectivity index (χ1n) is 8.71. The fraction of sp³-hybridized carbons (Fsp3) is 1.00. The lowest BCUT2D eigenvalue weighted by Crippen LogP contribution is -2.51. The van der Waals surface area contributed by atoms with Crippen LogP contribution in [-0.4, -0.2) is 59.8 Å². The van der Waals surface area contributed by atoms with Crippen LogP contribution in [0, 0.1) is 11.3 Å². The van der Waals surface area contributed by atoms with Gasteiger partial charge in [-0.25, -0.2) is 0 Å². The highest BCUT2D eigenvalue weighted by Crippen LogP contribution is 2.41. The van der Waals surface area contributed by atoms with Gasteiger partial charge in [-0.1, -0.05) is 26.7 Å². The Kier molecular flexibility index (Phi) is 4.40. The molecule has 3 fully saturated rings. The Labute approximate surface area is 124 Å². The van der Waals surface area contributed by atoms with Gasteiger partial charge >= 0.3 is 0 Å². The third-order valence-corrected chi connectivity index (χ3v) is 6.15. The van der Waals surface area contributed by atoms with Crippen LogP contribution < -0.4 is 0 Å². The fourth-order valence-electron chi connectivity index (χ4n) is 4.60. The van der Waals surface area contributed by atoms with Crippen molar-refractivity contribution in [3.8, 4) is 0 Å². The topological polar surface area (TPSA) is 26.7 Å². The van der Waals surface area contributed by atoms with E-state index in [0.29, 0.717) is 5.92 Å². The molecule has 0 spiro atoms. The van der Waals surface area contributed by atoms with Gasteiger partial charge in [0.2, 0.25) is 0 Å². The summed E-state index contributed by atoms with van der Waals surface area (Å²) in [5, 5.41) is 10.4. The lowest BCUT2D eigenvalue weighted by molar-refractivity contribution is 0.0207. The predicted octanol–water partition coefficient (Wildman–Crippen LogP) is 2.34. The quantitative estimate of drug-likeness (QED) is 0.859. The van der Waals surface area contributed by atoms with Crippen LogP contribution in [0.3, 0.4) is 0 Å². The minimum absolute atomic E-state index is 0.102. The highest BCUT2D eigenvalue weighted by atomic mass is 16.3. The normalized spacial score (nSPS) is 36.8. The van der Waals surface area contributed by atoms with Crippen LogP contribution in [0.5, 0.6) is 0 Å². The number of hydrogen-bond acceptors (Lipinski definition) is 3. The Morgan fingerprint density at radius 3 is 2.20 bits per heavy atom. The molecule has 2 atom stereocenters. The molecule has 0 radical (unpaired) electrons. The van der Waals surface area contributed by atoms with Crippen LogP contribution in [0.25, 0.3) is 0 Å². The standard InChI is InChI=1S/C17H32N2O/c1-17(2)8-7-14(16(17)20)13-18-9-11-19(12-10-18)15-5-3-4-6-15/h14-16,20H,3-13H2,1-2H3. The van der Waals surface area contributed by atoms with E-state index in [9.17, 15) is 5.11 Å². The highest BCUT2D eigenvalue weighted by molar-refractivity contribution is 4.93. The zero-order valence-electron chi connectivity index (χ0n) is 13.4. The third kappa shape index (κ3) is 3.05. The monoisotopic (exact) mass is 280 g/mol. The Morgan fingerprint density at radius 2 is 1.65 bits per heavy atom. The van der Waals surface area contributed by atoms with E-state index < -0.39 is 0 Å². The highest BCUT2D eigenvalue weighted by Gasteiger charge is 2.41. The van der Waals surface area contributed by atoms with Gasteiger partial charge in [0.25, 0.3) is 0 Å². The van der Waals surface area contributed by atoms with Crippen molar-refractivity contribution in [3.05, 3.63) is 0 Å². The van der Waals surface area contributed by atoms with Gasteiger partial charge in [-0.2, -0.15) is 0 Å². The molecular formula is C17H32N2O. The zero-order chi connectivity index (χ0) is 14.2. The van der Waals surface area contributed by atoms with Crippen LogP contribution in [-0.2, 0) is 0 Å². The molecule has 2 saturated carbocycles. The number of rotatable bonds is 3. The number of hydrogen-bond donors (Lipinski definition) is 1. The van der Waals surface area contributed by atoms with Crippen LogP contribution >= 0.6 is 0 Å². The van der Waals surface area contributed by atoms with E-state index in [2.05, 4.69) is 23.6 Å². The molecule has 3 rings (SSSR count). The van der Waals surface area contributed by atoms with Crippen molar-refractivity contribution in [2.24, 2.45) is 11.3 Å². The van der Waals surface area contributed by atoms with E-state index in [1.807, 2.05) is 0 Å². The molecule has 3 heteroatoms. The maximum atomic E-state index is 10.4. The molecule has 0 aromatic carbocycles. The number of aliphatic hydroxyl groups excluding tert-OH is 1. The SMILES string of the molecule is CC1(C)CCC(CN2CCN(C3CCCC3)CC2)C1O. The molecule has 3 aliphatic rings. The Bertz CT molecular complexity index is 317. The molecule has 0 amide bonds. The second-order valence-electron chi connectivity index (χ2n) is 8.01. The van der Waals surface area contributed by atoms with Gasteiger partial charge in [0, 0.05) is 38.8 Å². The molecule has 1 saturated heterocycles. The van der Waals surface area contributed by atoms with E-state index in [1.165, 1.54) is 64.7 Å². The van der Waals surface area contributed by atoms with E-state index in [0.717, 1.165) is 12.6 Å². The first-order chi connectivity index (χ1) is 9.56. The summed E-state index contributed by atoms with van der Waals surface area (Å²) in [5.74, 6) is 0.503. The van der Waals surface area contributed by atoms with E-state index in [-0.39, 0.29) is 11.5 Å². The van der Waals surface area contributed by atoms with E-state index in [4.69, 9.17) is 0 Å². The molecule has 0 aromatic rings. The molecular weight excluding hydrogens is 248 g/mol. The lowest BCUT2D eigenvalue weighted by Gasteiger charge is -2.39. The molecule has 0 aromatic heterocycles. The molecule has 20 heavy (non-hydrogen) atoms. The molecule has 1 heterocycles. The molecule has 2 unspecified atom stereocenters. The van der Waals surface area contributed by atoms with Crippen LogP contribution in [0.15, 0.2) is 0 Å². The lowest BCUT2D eigenvalue weighted by atomic mass is 9.87. The number of nitrogens with zero attached hydrogens (tertiary/aromatic N) is 2. The van der Waals surface area contributed by atoms with Gasteiger partial charge in [0.05, 0.1) is 6.10 Å². The zero-order valence-corrected chi connectivity index (χ0v) is 13.4. The van der Waals surface area contributed by atoms with Crippen LogP contribution in [0.2, 0.25) is 0 Å². The fourth-order valence-corrected chi connectivity index (χ4v) is 4.60. The molecule has 3 nitrogen and oxygen atoms in total. The summed E-state index contributed by atoms with van der Waals surface area (Å²) in [7, 11) is 0. The Balaban J connectivity index is 1.45. The summed E-state index contributed by atoms with van der Waals surface area (Å²) in [6.45, 7) is 10.5. The van der Waals surface area contributed by atoms with Gasteiger partial charge < -0.3 is 10.0 Å². The summed E-state index contributed by atoms with van der Waals surface area (Å²) >= 11 is 0. The summed E-state index contributed by atoms with van der Waals surface area (Å²) in [5.41, 5.74) is 0.135. The molecule has 1 N–H and O–H groups in total. The van der Waals surface area contributed by atoms with Gasteiger partial charge in [0.1, 0.15) is 0 Å². The van der Waals surface area contributed by atoms with Crippen molar-refractivity contribution in [2.75, 3.05) is 32.7 Å². The van der Waals surface area contributed by atoms with Crippen molar-refractivity contribution in [2.45, 2.75) is 64.5 Å². The van der Waals surface area contributed by atoms with Crippen molar-refractivity contribution >= 4 is 0 Å². The first-order valence-corrected chi connectivity index (χ1v) is 8.71. The van der Waals surface area contributed by atoms with Gasteiger partial charge in [-0.05, 0) is 37.0 Å². The van der Waals surface area contributed by atoms with E-state index in [1.54, 1.807) is 0 Å². The van der Waals surface area contributed by atoms with Gasteiger partial charge in [0.15, 0.2) is 0 Å². The largest absolute Gasteiger partial charge is 0.392 e. The minimum atomic E-state index is -0.102. The molecule has 1 aliphatic heterocycles. The smallest absolute Gasteiger partial charge is 0.0631 e. The van der Waals surface area contributed by atoms with Crippen LogP contribution in [0.4, 0.5) is 0 Å². The molecule has 116 valence electrons.